The van der Waals surface area contributed by atoms with E-state index in [-0.39, 0.29) is 11.9 Å². The summed E-state index contributed by atoms with van der Waals surface area (Å²) < 4.78 is 24.9. The largest absolute Gasteiger partial charge is 0.340 e. The first-order chi connectivity index (χ1) is 8.33. The highest BCUT2D eigenvalue weighted by Crippen LogP contribution is 2.12. The Morgan fingerprint density at radius 1 is 1.67 bits per heavy atom. The van der Waals surface area contributed by atoms with Crippen molar-refractivity contribution < 1.29 is 13.2 Å². The fourth-order valence-electron chi connectivity index (χ4n) is 2.09. The summed E-state index contributed by atoms with van der Waals surface area (Å²) in [5.74, 6) is -0.144. The molecular formula is C11H21N3O3S. The van der Waals surface area contributed by atoms with Gasteiger partial charge in [0.1, 0.15) is 0 Å². The van der Waals surface area contributed by atoms with Crippen LogP contribution in [0.15, 0.2) is 12.7 Å². The van der Waals surface area contributed by atoms with Crippen LogP contribution in [0.2, 0.25) is 0 Å². The van der Waals surface area contributed by atoms with E-state index in [4.69, 9.17) is 5.73 Å². The van der Waals surface area contributed by atoms with Gasteiger partial charge >= 0.3 is 0 Å². The number of carbonyl (C=O) groups is 1. The van der Waals surface area contributed by atoms with Crippen LogP contribution in [0.3, 0.4) is 0 Å². The molecule has 0 aromatic carbocycles. The molecule has 1 heterocycles. The maximum Gasteiger partial charge on any atom is 0.239 e. The molecule has 2 unspecified atom stereocenters. The van der Waals surface area contributed by atoms with Crippen LogP contribution in [-0.4, -0.2) is 50.7 Å². The van der Waals surface area contributed by atoms with E-state index in [1.165, 1.54) is 0 Å². The molecule has 0 bridgehead atoms. The van der Waals surface area contributed by atoms with E-state index >= 15 is 0 Å². The van der Waals surface area contributed by atoms with Gasteiger partial charge in [-0.25, -0.2) is 13.1 Å². The van der Waals surface area contributed by atoms with Crippen molar-refractivity contribution in [3.8, 4) is 0 Å². The van der Waals surface area contributed by atoms with Gasteiger partial charge in [-0.2, -0.15) is 0 Å². The smallest absolute Gasteiger partial charge is 0.239 e. The van der Waals surface area contributed by atoms with Crippen LogP contribution >= 0.6 is 0 Å². The highest BCUT2D eigenvalue weighted by molar-refractivity contribution is 7.88. The van der Waals surface area contributed by atoms with E-state index in [1.807, 2.05) is 0 Å². The summed E-state index contributed by atoms with van der Waals surface area (Å²) in [5.41, 5.74) is 5.73. The van der Waals surface area contributed by atoms with Crippen LogP contribution in [0.4, 0.5) is 0 Å². The molecular weight excluding hydrogens is 254 g/mol. The fourth-order valence-corrected chi connectivity index (χ4v) is 2.89. The van der Waals surface area contributed by atoms with Gasteiger partial charge in [-0.3, -0.25) is 4.79 Å². The molecule has 0 spiro atoms. The quantitative estimate of drug-likeness (QED) is 0.657. The lowest BCUT2D eigenvalue weighted by molar-refractivity contribution is -0.133. The van der Waals surface area contributed by atoms with Crippen molar-refractivity contribution in [1.82, 2.24) is 9.62 Å². The predicted octanol–water partition coefficient (Wildman–Crippen LogP) is -0.570. The number of hydrogen-bond donors (Lipinski definition) is 2. The molecule has 1 fully saturated rings. The van der Waals surface area contributed by atoms with E-state index in [2.05, 4.69) is 11.3 Å². The van der Waals surface area contributed by atoms with Gasteiger partial charge in [0.2, 0.25) is 15.9 Å². The maximum atomic E-state index is 12.0. The lowest BCUT2D eigenvalue weighted by Crippen LogP contribution is -2.53. The van der Waals surface area contributed by atoms with E-state index in [0.717, 1.165) is 19.1 Å². The molecule has 2 atom stereocenters. The zero-order valence-corrected chi connectivity index (χ0v) is 11.4. The van der Waals surface area contributed by atoms with Crippen molar-refractivity contribution >= 4 is 15.9 Å². The molecule has 0 aromatic rings. The first-order valence-electron chi connectivity index (χ1n) is 5.96. The van der Waals surface area contributed by atoms with Crippen molar-refractivity contribution in [3.63, 3.8) is 0 Å². The highest BCUT2D eigenvalue weighted by atomic mass is 32.2. The molecule has 0 radical (unpaired) electrons. The molecule has 6 nitrogen and oxygen atoms in total. The van der Waals surface area contributed by atoms with E-state index < -0.39 is 16.1 Å². The van der Waals surface area contributed by atoms with Gasteiger partial charge in [0.05, 0.1) is 12.3 Å². The molecule has 3 N–H and O–H groups in total. The molecule has 1 aliphatic rings. The molecule has 1 aliphatic heterocycles. The monoisotopic (exact) mass is 275 g/mol. The zero-order chi connectivity index (χ0) is 13.8. The zero-order valence-electron chi connectivity index (χ0n) is 10.6. The summed E-state index contributed by atoms with van der Waals surface area (Å²) >= 11 is 0. The van der Waals surface area contributed by atoms with E-state index in [9.17, 15) is 13.2 Å². The normalized spacial score (nSPS) is 22.6. The number of nitrogens with one attached hydrogen (secondary N) is 1. The summed E-state index contributed by atoms with van der Waals surface area (Å²) in [6.45, 7) is 4.57. The predicted molar refractivity (Wildman–Crippen MR) is 70.4 cm³/mol. The topological polar surface area (TPSA) is 92.5 Å². The van der Waals surface area contributed by atoms with Gasteiger partial charge in [-0.1, -0.05) is 6.08 Å². The molecule has 18 heavy (non-hydrogen) atoms. The van der Waals surface area contributed by atoms with Crippen LogP contribution in [0.1, 0.15) is 19.3 Å². The fraction of sp³-hybridized carbons (Fsp3) is 0.727. The Kier molecular flexibility index (Phi) is 5.30. The molecule has 0 aromatic heterocycles. The van der Waals surface area contributed by atoms with E-state index in [0.29, 0.717) is 19.5 Å². The number of rotatable bonds is 5. The van der Waals surface area contributed by atoms with Crippen molar-refractivity contribution in [1.29, 1.82) is 0 Å². The number of hydrogen-bond acceptors (Lipinski definition) is 4. The minimum Gasteiger partial charge on any atom is -0.340 e. The number of nitrogens with zero attached hydrogens (tertiary/aromatic N) is 1. The summed E-state index contributed by atoms with van der Waals surface area (Å²) in [4.78, 5) is 13.6. The van der Waals surface area contributed by atoms with Crippen molar-refractivity contribution in [2.75, 3.05) is 19.3 Å². The lowest BCUT2D eigenvalue weighted by Gasteiger charge is -2.34. The Morgan fingerprint density at radius 3 is 2.89 bits per heavy atom. The Balaban J connectivity index is 2.58. The molecule has 1 saturated heterocycles. The van der Waals surface area contributed by atoms with Gasteiger partial charge in [-0.15, -0.1) is 6.58 Å². The van der Waals surface area contributed by atoms with Gasteiger partial charge in [0.25, 0.3) is 0 Å². The minimum atomic E-state index is -3.24. The first kappa shape index (κ1) is 15.1. The Morgan fingerprint density at radius 2 is 2.33 bits per heavy atom. The van der Waals surface area contributed by atoms with Gasteiger partial charge in [0.15, 0.2) is 0 Å². The standard InChI is InChI=1S/C11H21N3O3S/c1-3-5-10(12)11(15)14-7-4-6-9(8-14)13-18(2,16)17/h3,9-10,13H,1,4-8,12H2,2H3. The summed E-state index contributed by atoms with van der Waals surface area (Å²) in [6, 6.07) is -0.798. The average molecular weight is 275 g/mol. The van der Waals surface area contributed by atoms with Gasteiger partial charge < -0.3 is 10.6 Å². The molecule has 7 heteroatoms. The summed E-state index contributed by atoms with van der Waals surface area (Å²) in [5, 5.41) is 0. The SMILES string of the molecule is C=CCC(N)C(=O)N1CCCC(NS(C)(=O)=O)C1. The Bertz CT molecular complexity index is 408. The number of piperidine rings is 1. The second-order valence-corrected chi connectivity index (χ2v) is 6.42. The summed E-state index contributed by atoms with van der Waals surface area (Å²) in [6.07, 6.45) is 4.68. The number of sulfonamides is 1. The van der Waals surface area contributed by atoms with Crippen LogP contribution < -0.4 is 10.5 Å². The molecule has 0 aliphatic carbocycles. The molecule has 1 rings (SSSR count). The number of nitrogens with two attached hydrogens (primary N) is 1. The average Bonchev–Trinajstić information content (AvgIpc) is 2.26. The van der Waals surface area contributed by atoms with Gasteiger partial charge in [-0.05, 0) is 19.3 Å². The third kappa shape index (κ3) is 4.75. The summed E-state index contributed by atoms with van der Waals surface area (Å²) in [7, 11) is -3.24. The maximum absolute atomic E-state index is 12.0. The molecule has 0 saturated carbocycles. The number of likely N-dealkylation sites (tertiary alicyclic amines) is 1. The molecule has 1 amide bonds. The van der Waals surface area contributed by atoms with Crippen LogP contribution in [-0.2, 0) is 14.8 Å². The van der Waals surface area contributed by atoms with Crippen LogP contribution in [0.5, 0.6) is 0 Å². The van der Waals surface area contributed by atoms with Crippen molar-refractivity contribution in [3.05, 3.63) is 12.7 Å². The number of amides is 1. The minimum absolute atomic E-state index is 0.144. The van der Waals surface area contributed by atoms with Crippen LogP contribution in [0.25, 0.3) is 0 Å². The lowest BCUT2D eigenvalue weighted by atomic mass is 10.1. The van der Waals surface area contributed by atoms with Gasteiger partial charge in [0, 0.05) is 19.1 Å². The Hall–Kier alpha value is -0.920. The third-order valence-corrected chi connectivity index (χ3v) is 3.61. The number of carbonyl (C=O) groups excluding carboxylic acids is 1. The third-order valence-electron chi connectivity index (χ3n) is 2.85. The van der Waals surface area contributed by atoms with Crippen LogP contribution in [0, 0.1) is 0 Å². The van der Waals surface area contributed by atoms with Crippen molar-refractivity contribution in [2.24, 2.45) is 5.73 Å². The second kappa shape index (κ2) is 6.31. The van der Waals surface area contributed by atoms with Crippen molar-refractivity contribution in [2.45, 2.75) is 31.3 Å². The highest BCUT2D eigenvalue weighted by Gasteiger charge is 2.27. The Labute approximate surface area is 108 Å². The first-order valence-corrected chi connectivity index (χ1v) is 7.85. The molecule has 104 valence electrons. The van der Waals surface area contributed by atoms with E-state index in [1.54, 1.807) is 11.0 Å². The second-order valence-electron chi connectivity index (χ2n) is 4.64.